The molecule has 0 aliphatic carbocycles. The third-order valence-corrected chi connectivity index (χ3v) is 3.67. The van der Waals surface area contributed by atoms with Crippen molar-refractivity contribution in [1.29, 1.82) is 0 Å². The predicted molar refractivity (Wildman–Crippen MR) is 87.6 cm³/mol. The molecule has 0 aromatic carbocycles. The Labute approximate surface area is 128 Å². The number of nitrogens with one attached hydrogen (secondary N) is 1. The van der Waals surface area contributed by atoms with Gasteiger partial charge in [-0.3, -0.25) is 0 Å². The monoisotopic (exact) mass is 289 g/mol. The maximum atomic E-state index is 5.21. The van der Waals surface area contributed by atoms with Gasteiger partial charge in [0.1, 0.15) is 5.82 Å². The number of aromatic nitrogens is 1. The summed E-state index contributed by atoms with van der Waals surface area (Å²) in [7, 11) is 1.75. The summed E-state index contributed by atoms with van der Waals surface area (Å²) in [4.78, 5) is 6.95. The molecule has 1 aliphatic heterocycles. The molecule has 2 heterocycles. The van der Waals surface area contributed by atoms with E-state index in [1.807, 2.05) is 12.3 Å². The van der Waals surface area contributed by atoms with E-state index in [0.29, 0.717) is 5.92 Å². The fourth-order valence-electron chi connectivity index (χ4n) is 2.57. The van der Waals surface area contributed by atoms with Crippen molar-refractivity contribution < 1.29 is 4.74 Å². The number of rotatable bonds is 7. The summed E-state index contributed by atoms with van der Waals surface area (Å²) in [5.74, 6) is 1.78. The van der Waals surface area contributed by atoms with Gasteiger partial charge in [-0.15, -0.1) is 0 Å². The van der Waals surface area contributed by atoms with Crippen LogP contribution in [0.1, 0.15) is 25.8 Å². The number of nitrogens with zero attached hydrogens (tertiary/aromatic N) is 2. The first-order valence-electron chi connectivity index (χ1n) is 7.77. The molecule has 0 amide bonds. The SMILES string of the molecule is COCC1=CCN(c2ncccc2CNCC(C)C)CC1. The first-order chi connectivity index (χ1) is 10.2. The van der Waals surface area contributed by atoms with Crippen LogP contribution in [0.5, 0.6) is 0 Å². The third kappa shape index (κ3) is 4.83. The van der Waals surface area contributed by atoms with E-state index in [2.05, 4.69) is 41.2 Å². The van der Waals surface area contributed by atoms with Crippen LogP contribution >= 0.6 is 0 Å². The molecule has 0 saturated carbocycles. The Morgan fingerprint density at radius 3 is 2.95 bits per heavy atom. The van der Waals surface area contributed by atoms with E-state index in [1.54, 1.807) is 7.11 Å². The number of methoxy groups -OCH3 is 1. The van der Waals surface area contributed by atoms with Crippen LogP contribution in [0.15, 0.2) is 30.0 Å². The second-order valence-electron chi connectivity index (χ2n) is 6.00. The van der Waals surface area contributed by atoms with Gasteiger partial charge in [-0.05, 0) is 30.5 Å². The van der Waals surface area contributed by atoms with Crippen LogP contribution in [0.2, 0.25) is 0 Å². The topological polar surface area (TPSA) is 37.4 Å². The van der Waals surface area contributed by atoms with Crippen LogP contribution in [0.3, 0.4) is 0 Å². The van der Waals surface area contributed by atoms with Crippen LogP contribution in [0, 0.1) is 5.92 Å². The molecule has 2 rings (SSSR count). The number of pyridine rings is 1. The molecule has 1 aliphatic rings. The zero-order chi connectivity index (χ0) is 15.1. The van der Waals surface area contributed by atoms with Gasteiger partial charge in [-0.2, -0.15) is 0 Å². The van der Waals surface area contributed by atoms with Gasteiger partial charge in [-0.1, -0.05) is 26.0 Å². The molecule has 1 aromatic rings. The van der Waals surface area contributed by atoms with E-state index in [0.717, 1.165) is 45.0 Å². The standard InChI is InChI=1S/C17H27N3O/c1-14(2)11-18-12-16-5-4-8-19-17(16)20-9-6-15(7-10-20)13-21-3/h4-6,8,14,18H,7,9-13H2,1-3H3. The molecule has 21 heavy (non-hydrogen) atoms. The smallest absolute Gasteiger partial charge is 0.133 e. The molecule has 0 spiro atoms. The fourth-order valence-corrected chi connectivity index (χ4v) is 2.57. The third-order valence-electron chi connectivity index (χ3n) is 3.67. The Bertz CT molecular complexity index is 471. The van der Waals surface area contributed by atoms with E-state index in [1.165, 1.54) is 11.1 Å². The van der Waals surface area contributed by atoms with Crippen LogP contribution in [-0.4, -0.2) is 38.3 Å². The van der Waals surface area contributed by atoms with Gasteiger partial charge in [0.25, 0.3) is 0 Å². The molecular formula is C17H27N3O. The van der Waals surface area contributed by atoms with E-state index >= 15 is 0 Å². The lowest BCUT2D eigenvalue weighted by Crippen LogP contribution is -2.31. The summed E-state index contributed by atoms with van der Waals surface area (Å²) in [6.45, 7) is 9.06. The Hall–Kier alpha value is -1.39. The largest absolute Gasteiger partial charge is 0.380 e. The first-order valence-corrected chi connectivity index (χ1v) is 7.77. The summed E-state index contributed by atoms with van der Waals surface area (Å²) < 4.78 is 5.21. The highest BCUT2D eigenvalue weighted by atomic mass is 16.5. The quantitative estimate of drug-likeness (QED) is 0.783. The average Bonchev–Trinajstić information content (AvgIpc) is 2.49. The van der Waals surface area contributed by atoms with Crippen molar-refractivity contribution in [1.82, 2.24) is 10.3 Å². The molecule has 1 N–H and O–H groups in total. The maximum absolute atomic E-state index is 5.21. The number of hydrogen-bond acceptors (Lipinski definition) is 4. The molecule has 0 bridgehead atoms. The molecule has 0 fully saturated rings. The van der Waals surface area contributed by atoms with Gasteiger partial charge < -0.3 is 15.0 Å². The molecule has 0 atom stereocenters. The zero-order valence-corrected chi connectivity index (χ0v) is 13.4. The minimum atomic E-state index is 0.666. The number of hydrogen-bond donors (Lipinski definition) is 1. The van der Waals surface area contributed by atoms with Crippen LogP contribution < -0.4 is 10.2 Å². The first kappa shape index (κ1) is 16.0. The minimum Gasteiger partial charge on any atom is -0.380 e. The van der Waals surface area contributed by atoms with Gasteiger partial charge in [0.15, 0.2) is 0 Å². The van der Waals surface area contributed by atoms with Gasteiger partial charge in [0.05, 0.1) is 6.61 Å². The highest BCUT2D eigenvalue weighted by Gasteiger charge is 2.16. The molecule has 4 heteroatoms. The predicted octanol–water partition coefficient (Wildman–Crippen LogP) is 2.61. The van der Waals surface area contributed by atoms with Crippen molar-refractivity contribution in [2.45, 2.75) is 26.8 Å². The minimum absolute atomic E-state index is 0.666. The maximum Gasteiger partial charge on any atom is 0.133 e. The highest BCUT2D eigenvalue weighted by Crippen LogP contribution is 2.21. The molecule has 4 nitrogen and oxygen atoms in total. The van der Waals surface area contributed by atoms with E-state index in [-0.39, 0.29) is 0 Å². The lowest BCUT2D eigenvalue weighted by atomic mass is 10.1. The molecule has 0 radical (unpaired) electrons. The average molecular weight is 289 g/mol. The van der Waals surface area contributed by atoms with Gasteiger partial charge in [-0.25, -0.2) is 4.98 Å². The van der Waals surface area contributed by atoms with Gasteiger partial charge >= 0.3 is 0 Å². The van der Waals surface area contributed by atoms with Crippen LogP contribution in [0.25, 0.3) is 0 Å². The summed E-state index contributed by atoms with van der Waals surface area (Å²) in [6.07, 6.45) is 5.21. The second kappa shape index (κ2) is 8.15. The van der Waals surface area contributed by atoms with E-state index < -0.39 is 0 Å². The van der Waals surface area contributed by atoms with E-state index in [4.69, 9.17) is 4.74 Å². The van der Waals surface area contributed by atoms with Gasteiger partial charge in [0.2, 0.25) is 0 Å². The van der Waals surface area contributed by atoms with Crippen molar-refractivity contribution in [3.8, 4) is 0 Å². The van der Waals surface area contributed by atoms with Gasteiger partial charge in [0, 0.05) is 38.5 Å². The molecule has 1 aromatic heterocycles. The number of anilines is 1. The highest BCUT2D eigenvalue weighted by molar-refractivity contribution is 5.48. The molecule has 0 unspecified atom stereocenters. The second-order valence-corrected chi connectivity index (χ2v) is 6.00. The Morgan fingerprint density at radius 1 is 1.43 bits per heavy atom. The van der Waals surface area contributed by atoms with Crippen molar-refractivity contribution in [2.24, 2.45) is 5.92 Å². The Balaban J connectivity index is 2.00. The summed E-state index contributed by atoms with van der Waals surface area (Å²) in [5, 5.41) is 3.51. The zero-order valence-electron chi connectivity index (χ0n) is 13.4. The molecule has 0 saturated heterocycles. The lowest BCUT2D eigenvalue weighted by Gasteiger charge is -2.29. The van der Waals surface area contributed by atoms with Crippen molar-refractivity contribution in [3.05, 3.63) is 35.5 Å². The van der Waals surface area contributed by atoms with Crippen molar-refractivity contribution >= 4 is 5.82 Å². The van der Waals surface area contributed by atoms with Crippen LogP contribution in [0.4, 0.5) is 5.82 Å². The lowest BCUT2D eigenvalue weighted by molar-refractivity contribution is 0.222. The summed E-state index contributed by atoms with van der Waals surface area (Å²) in [5.41, 5.74) is 2.67. The normalized spacial score (nSPS) is 15.4. The van der Waals surface area contributed by atoms with Crippen molar-refractivity contribution in [2.75, 3.05) is 38.3 Å². The summed E-state index contributed by atoms with van der Waals surface area (Å²) >= 11 is 0. The molecular weight excluding hydrogens is 262 g/mol. The Kier molecular flexibility index (Phi) is 6.21. The molecule has 116 valence electrons. The Morgan fingerprint density at radius 2 is 2.29 bits per heavy atom. The number of ether oxygens (including phenoxy) is 1. The van der Waals surface area contributed by atoms with Crippen molar-refractivity contribution in [3.63, 3.8) is 0 Å². The van der Waals surface area contributed by atoms with Crippen LogP contribution in [-0.2, 0) is 11.3 Å². The van der Waals surface area contributed by atoms with E-state index in [9.17, 15) is 0 Å². The summed E-state index contributed by atoms with van der Waals surface area (Å²) in [6, 6.07) is 4.19. The fraction of sp³-hybridized carbons (Fsp3) is 0.588.